The summed E-state index contributed by atoms with van der Waals surface area (Å²) in [5, 5.41) is 6.36. The first-order chi connectivity index (χ1) is 11.6. The SMILES string of the molecule is CCc1cccc(CNCCC(Cc2cc(F)cc(F)c2)N=O)c1. The molecule has 0 saturated heterocycles. The second kappa shape index (κ2) is 9.23. The molecule has 0 heterocycles. The molecule has 2 aromatic rings. The first-order valence-electron chi connectivity index (χ1n) is 8.16. The minimum atomic E-state index is -0.636. The van der Waals surface area contributed by atoms with Crippen LogP contribution in [0.25, 0.3) is 0 Å². The summed E-state index contributed by atoms with van der Waals surface area (Å²) < 4.78 is 26.4. The average Bonchev–Trinajstić information content (AvgIpc) is 2.57. The highest BCUT2D eigenvalue weighted by molar-refractivity contribution is 5.23. The Balaban J connectivity index is 1.79. The van der Waals surface area contributed by atoms with Crippen molar-refractivity contribution >= 4 is 0 Å². The molecule has 0 aliphatic rings. The van der Waals surface area contributed by atoms with E-state index < -0.39 is 17.7 Å². The van der Waals surface area contributed by atoms with Crippen LogP contribution in [-0.4, -0.2) is 12.6 Å². The van der Waals surface area contributed by atoms with Gasteiger partial charge in [-0.05, 0) is 54.6 Å². The van der Waals surface area contributed by atoms with Crippen LogP contribution in [-0.2, 0) is 19.4 Å². The van der Waals surface area contributed by atoms with Crippen LogP contribution in [0, 0.1) is 16.5 Å². The molecular weight excluding hydrogens is 310 g/mol. The summed E-state index contributed by atoms with van der Waals surface area (Å²) in [6.07, 6.45) is 1.76. The lowest BCUT2D eigenvalue weighted by molar-refractivity contribution is 0.547. The van der Waals surface area contributed by atoms with Crippen molar-refractivity contribution in [2.24, 2.45) is 5.18 Å². The van der Waals surface area contributed by atoms with E-state index in [1.165, 1.54) is 23.3 Å². The number of nitrogens with one attached hydrogen (secondary N) is 1. The molecule has 1 atom stereocenters. The molecule has 1 unspecified atom stereocenters. The fourth-order valence-corrected chi connectivity index (χ4v) is 2.65. The summed E-state index contributed by atoms with van der Waals surface area (Å²) in [6.45, 7) is 3.45. The number of hydrogen-bond acceptors (Lipinski definition) is 3. The zero-order valence-electron chi connectivity index (χ0n) is 13.8. The molecule has 0 aliphatic carbocycles. The topological polar surface area (TPSA) is 41.5 Å². The lowest BCUT2D eigenvalue weighted by Crippen LogP contribution is -2.20. The van der Waals surface area contributed by atoms with Crippen molar-refractivity contribution in [2.75, 3.05) is 6.54 Å². The van der Waals surface area contributed by atoms with E-state index in [0.29, 0.717) is 25.1 Å². The summed E-state index contributed by atoms with van der Waals surface area (Å²) in [5.41, 5.74) is 2.93. The number of aryl methyl sites for hydroxylation is 1. The molecule has 0 bridgehead atoms. The van der Waals surface area contributed by atoms with Crippen molar-refractivity contribution in [2.45, 2.75) is 38.8 Å². The first kappa shape index (κ1) is 18.2. The Labute approximate surface area is 141 Å². The van der Waals surface area contributed by atoms with Crippen molar-refractivity contribution in [3.63, 3.8) is 0 Å². The monoisotopic (exact) mass is 332 g/mol. The number of rotatable bonds is 9. The molecule has 0 saturated carbocycles. The molecule has 2 rings (SSSR count). The maximum Gasteiger partial charge on any atom is 0.126 e. The molecule has 0 aliphatic heterocycles. The molecule has 2 aromatic carbocycles. The van der Waals surface area contributed by atoms with Gasteiger partial charge < -0.3 is 5.32 Å². The van der Waals surface area contributed by atoms with Gasteiger partial charge in [0.05, 0.1) is 6.04 Å². The molecule has 1 N–H and O–H groups in total. The zero-order valence-corrected chi connectivity index (χ0v) is 13.8. The van der Waals surface area contributed by atoms with E-state index >= 15 is 0 Å². The van der Waals surface area contributed by atoms with Gasteiger partial charge >= 0.3 is 0 Å². The van der Waals surface area contributed by atoms with Gasteiger partial charge in [-0.3, -0.25) is 0 Å². The number of nitroso groups, excluding NO2 is 1. The van der Waals surface area contributed by atoms with E-state index in [1.54, 1.807) is 0 Å². The lowest BCUT2D eigenvalue weighted by Gasteiger charge is -2.11. The van der Waals surface area contributed by atoms with Gasteiger partial charge in [-0.1, -0.05) is 36.4 Å². The molecule has 0 amide bonds. The van der Waals surface area contributed by atoms with Gasteiger partial charge in [0.15, 0.2) is 0 Å². The Morgan fingerprint density at radius 3 is 2.42 bits per heavy atom. The van der Waals surface area contributed by atoms with E-state index in [2.05, 4.69) is 35.6 Å². The highest BCUT2D eigenvalue weighted by Gasteiger charge is 2.11. The standard InChI is InChI=1S/C19H22F2N2O/c1-2-14-4-3-5-15(8-14)13-22-7-6-19(23-24)11-16-9-17(20)12-18(21)10-16/h3-5,8-10,12,19,22H,2,6-7,11,13H2,1H3. The van der Waals surface area contributed by atoms with Gasteiger partial charge in [-0.25, -0.2) is 8.78 Å². The number of halogens is 2. The number of hydrogen-bond donors (Lipinski definition) is 1. The Kier molecular flexibility index (Phi) is 7.00. The molecule has 3 nitrogen and oxygen atoms in total. The van der Waals surface area contributed by atoms with Gasteiger partial charge in [0.1, 0.15) is 11.6 Å². The Morgan fingerprint density at radius 1 is 1.04 bits per heavy atom. The molecule has 24 heavy (non-hydrogen) atoms. The van der Waals surface area contributed by atoms with Crippen LogP contribution < -0.4 is 5.32 Å². The highest BCUT2D eigenvalue weighted by atomic mass is 19.1. The zero-order chi connectivity index (χ0) is 17.4. The fourth-order valence-electron chi connectivity index (χ4n) is 2.65. The van der Waals surface area contributed by atoms with E-state index in [9.17, 15) is 13.7 Å². The van der Waals surface area contributed by atoms with E-state index in [0.717, 1.165) is 12.5 Å². The maximum absolute atomic E-state index is 13.2. The van der Waals surface area contributed by atoms with Gasteiger partial charge in [0.25, 0.3) is 0 Å². The quantitative estimate of drug-likeness (QED) is 0.547. The minimum absolute atomic E-state index is 0.241. The Bertz CT molecular complexity index is 656. The van der Waals surface area contributed by atoms with Crippen LogP contribution in [0.1, 0.15) is 30.0 Å². The highest BCUT2D eigenvalue weighted by Crippen LogP contribution is 2.13. The molecule has 0 spiro atoms. The van der Waals surface area contributed by atoms with Crippen molar-refractivity contribution in [3.05, 3.63) is 75.7 Å². The van der Waals surface area contributed by atoms with E-state index in [1.807, 2.05) is 6.07 Å². The Morgan fingerprint density at radius 2 is 1.75 bits per heavy atom. The van der Waals surface area contributed by atoms with Crippen LogP contribution >= 0.6 is 0 Å². The number of nitrogens with zero attached hydrogens (tertiary/aromatic N) is 1. The Hall–Kier alpha value is -2.14. The van der Waals surface area contributed by atoms with Gasteiger partial charge in [-0.15, -0.1) is 0 Å². The maximum atomic E-state index is 13.2. The van der Waals surface area contributed by atoms with Crippen molar-refractivity contribution in [1.82, 2.24) is 5.32 Å². The summed E-state index contributed by atoms with van der Waals surface area (Å²) in [6, 6.07) is 11.1. The third-order valence-corrected chi connectivity index (χ3v) is 3.93. The molecule has 0 radical (unpaired) electrons. The van der Waals surface area contributed by atoms with Gasteiger partial charge in [-0.2, -0.15) is 4.91 Å². The number of benzene rings is 2. The second-order valence-electron chi connectivity index (χ2n) is 5.88. The predicted octanol–water partition coefficient (Wildman–Crippen LogP) is 4.38. The van der Waals surface area contributed by atoms with E-state index in [4.69, 9.17) is 0 Å². The predicted molar refractivity (Wildman–Crippen MR) is 91.8 cm³/mol. The second-order valence-corrected chi connectivity index (χ2v) is 5.88. The first-order valence-corrected chi connectivity index (χ1v) is 8.16. The third kappa shape index (κ3) is 5.81. The minimum Gasteiger partial charge on any atom is -0.313 e. The van der Waals surface area contributed by atoms with Crippen LogP contribution in [0.5, 0.6) is 0 Å². The fraction of sp³-hybridized carbons (Fsp3) is 0.368. The summed E-state index contributed by atoms with van der Waals surface area (Å²) in [4.78, 5) is 11.0. The molecule has 5 heteroatoms. The largest absolute Gasteiger partial charge is 0.313 e. The van der Waals surface area contributed by atoms with E-state index in [-0.39, 0.29) is 6.42 Å². The molecule has 0 aromatic heterocycles. The molecule has 128 valence electrons. The van der Waals surface area contributed by atoms with Crippen LogP contribution in [0.2, 0.25) is 0 Å². The molecular formula is C19H22F2N2O. The van der Waals surface area contributed by atoms with Crippen LogP contribution in [0.4, 0.5) is 8.78 Å². The van der Waals surface area contributed by atoms with Crippen molar-refractivity contribution in [1.29, 1.82) is 0 Å². The molecule has 0 fully saturated rings. The lowest BCUT2D eigenvalue weighted by atomic mass is 10.0. The summed E-state index contributed by atoms with van der Waals surface area (Å²) in [7, 11) is 0. The third-order valence-electron chi connectivity index (χ3n) is 3.93. The summed E-state index contributed by atoms with van der Waals surface area (Å²) in [5.74, 6) is -1.27. The van der Waals surface area contributed by atoms with Crippen molar-refractivity contribution in [3.8, 4) is 0 Å². The smallest absolute Gasteiger partial charge is 0.126 e. The summed E-state index contributed by atoms with van der Waals surface area (Å²) >= 11 is 0. The van der Waals surface area contributed by atoms with Crippen LogP contribution in [0.3, 0.4) is 0 Å². The van der Waals surface area contributed by atoms with Crippen molar-refractivity contribution < 1.29 is 8.78 Å². The van der Waals surface area contributed by atoms with Gasteiger partial charge in [0, 0.05) is 12.6 Å². The van der Waals surface area contributed by atoms with Gasteiger partial charge in [0.2, 0.25) is 0 Å². The average molecular weight is 332 g/mol. The van der Waals surface area contributed by atoms with Crippen LogP contribution in [0.15, 0.2) is 47.6 Å². The normalized spacial score (nSPS) is 12.1.